The summed E-state index contributed by atoms with van der Waals surface area (Å²) < 4.78 is 38.8. The zero-order valence-electron chi connectivity index (χ0n) is 15.9. The maximum absolute atomic E-state index is 13.0. The minimum absolute atomic E-state index is 0.0760. The Kier molecular flexibility index (Phi) is 7.11. The van der Waals surface area contributed by atoms with Gasteiger partial charge in [-0.3, -0.25) is 9.79 Å². The summed E-state index contributed by atoms with van der Waals surface area (Å²) in [6.07, 6.45) is 2.40. The molecule has 1 atom stereocenters. The lowest BCUT2D eigenvalue weighted by Crippen LogP contribution is -2.40. The van der Waals surface area contributed by atoms with E-state index in [9.17, 15) is 17.6 Å². The van der Waals surface area contributed by atoms with E-state index in [4.69, 9.17) is 0 Å². The second kappa shape index (κ2) is 9.37. The van der Waals surface area contributed by atoms with E-state index in [0.717, 1.165) is 11.3 Å². The molecule has 0 aromatic heterocycles. The first-order valence-electron chi connectivity index (χ1n) is 9.61. The molecule has 3 rings (SSSR count). The summed E-state index contributed by atoms with van der Waals surface area (Å²) in [4.78, 5) is 16.9. The second-order valence-electron chi connectivity index (χ2n) is 7.22. The summed E-state index contributed by atoms with van der Waals surface area (Å²) in [5.74, 6) is 0.730. The topological polar surface area (TPSA) is 78.8 Å². The third-order valence-electron chi connectivity index (χ3n) is 5.06. The van der Waals surface area contributed by atoms with E-state index < -0.39 is 10.0 Å². The number of hydrogen-bond donors (Lipinski definition) is 1. The first-order chi connectivity index (χ1) is 13.4. The highest BCUT2D eigenvalue weighted by Gasteiger charge is 2.29. The number of hydrogen-bond acceptors (Lipinski definition) is 5. The van der Waals surface area contributed by atoms with Crippen molar-refractivity contribution < 1.29 is 17.6 Å². The maximum atomic E-state index is 13.0. The number of carbonyl (C=O) groups is 1. The molecule has 0 bridgehead atoms. The molecule has 0 saturated carbocycles. The van der Waals surface area contributed by atoms with Crippen LogP contribution in [0, 0.1) is 11.7 Å². The Morgan fingerprint density at radius 1 is 1.29 bits per heavy atom. The second-order valence-corrected chi connectivity index (χ2v) is 10.3. The number of rotatable bonds is 6. The summed E-state index contributed by atoms with van der Waals surface area (Å²) >= 11 is 1.49. The van der Waals surface area contributed by atoms with E-state index in [2.05, 4.69) is 10.3 Å². The van der Waals surface area contributed by atoms with E-state index in [1.165, 1.54) is 23.9 Å². The first-order valence-corrected chi connectivity index (χ1v) is 12.2. The fourth-order valence-corrected chi connectivity index (χ4v) is 6.02. The van der Waals surface area contributed by atoms with Crippen LogP contribution in [0.3, 0.4) is 0 Å². The molecule has 0 spiro atoms. The van der Waals surface area contributed by atoms with Gasteiger partial charge in [0.2, 0.25) is 15.9 Å². The number of thioether (sulfide) groups is 1. The minimum atomic E-state index is -3.15. The average Bonchev–Trinajstić information content (AvgIpc) is 3.11. The van der Waals surface area contributed by atoms with Gasteiger partial charge in [0.1, 0.15) is 5.82 Å². The number of nitrogens with one attached hydrogen (secondary N) is 1. The lowest BCUT2D eigenvalue weighted by molar-refractivity contribution is -0.120. The Morgan fingerprint density at radius 2 is 1.96 bits per heavy atom. The summed E-state index contributed by atoms with van der Waals surface area (Å²) in [5, 5.41) is 3.47. The van der Waals surface area contributed by atoms with Crippen molar-refractivity contribution in [3.05, 3.63) is 35.6 Å². The fourth-order valence-electron chi connectivity index (χ4n) is 3.51. The van der Waals surface area contributed by atoms with Crippen molar-refractivity contribution in [2.45, 2.75) is 38.6 Å². The van der Waals surface area contributed by atoms with Gasteiger partial charge >= 0.3 is 0 Å². The van der Waals surface area contributed by atoms with Crippen molar-refractivity contribution in [1.82, 2.24) is 9.62 Å². The van der Waals surface area contributed by atoms with Gasteiger partial charge in [-0.2, -0.15) is 0 Å². The van der Waals surface area contributed by atoms with Gasteiger partial charge in [-0.25, -0.2) is 17.1 Å². The van der Waals surface area contributed by atoms with Crippen LogP contribution < -0.4 is 5.32 Å². The number of halogens is 1. The quantitative estimate of drug-likeness (QED) is 0.757. The van der Waals surface area contributed by atoms with E-state index >= 15 is 0 Å². The molecule has 0 radical (unpaired) electrons. The van der Waals surface area contributed by atoms with Crippen LogP contribution in [0.5, 0.6) is 0 Å². The molecule has 1 saturated heterocycles. The molecule has 1 amide bonds. The average molecular weight is 428 g/mol. The zero-order valence-corrected chi connectivity index (χ0v) is 17.6. The van der Waals surface area contributed by atoms with Crippen LogP contribution >= 0.6 is 11.8 Å². The largest absolute Gasteiger partial charge is 0.305 e. The zero-order chi connectivity index (χ0) is 20.1. The highest BCUT2D eigenvalue weighted by atomic mass is 32.2. The highest BCUT2D eigenvalue weighted by Crippen LogP contribution is 2.30. The molecule has 9 heteroatoms. The van der Waals surface area contributed by atoms with Crippen LogP contribution in [0.4, 0.5) is 4.39 Å². The van der Waals surface area contributed by atoms with Crippen LogP contribution in [0.25, 0.3) is 0 Å². The molecule has 2 heterocycles. The van der Waals surface area contributed by atoms with Gasteiger partial charge in [0, 0.05) is 25.3 Å². The Labute approximate surface area is 170 Å². The first kappa shape index (κ1) is 21.3. The third-order valence-corrected chi connectivity index (χ3v) is 8.09. The highest BCUT2D eigenvalue weighted by molar-refractivity contribution is 8.14. The van der Waals surface area contributed by atoms with Gasteiger partial charge < -0.3 is 5.32 Å². The van der Waals surface area contributed by atoms with Crippen molar-refractivity contribution in [3.63, 3.8) is 0 Å². The lowest BCUT2D eigenvalue weighted by atomic mass is 9.94. The normalized spacial score (nSPS) is 21.5. The number of benzene rings is 1. The van der Waals surface area contributed by atoms with Gasteiger partial charge in [0.25, 0.3) is 0 Å². The molecule has 1 aromatic rings. The Balaban J connectivity index is 1.46. The van der Waals surface area contributed by atoms with Crippen molar-refractivity contribution in [2.75, 3.05) is 24.6 Å². The number of amides is 1. The molecule has 1 aromatic carbocycles. The number of amidine groups is 1. The Hall–Kier alpha value is -1.45. The third kappa shape index (κ3) is 5.55. The van der Waals surface area contributed by atoms with Gasteiger partial charge in [0.05, 0.1) is 11.8 Å². The van der Waals surface area contributed by atoms with Crippen LogP contribution in [0.15, 0.2) is 29.3 Å². The number of carbonyl (C=O) groups excluding carboxylic acids is 1. The SMILES string of the molecule is CCCS(=O)(=O)N1CCC(CC(=O)NC2=NC(c3ccc(F)cc3)CS2)CC1. The molecule has 2 aliphatic rings. The molecule has 1 unspecified atom stereocenters. The van der Waals surface area contributed by atoms with E-state index in [0.29, 0.717) is 43.9 Å². The predicted molar refractivity (Wildman–Crippen MR) is 110 cm³/mol. The van der Waals surface area contributed by atoms with E-state index in [-0.39, 0.29) is 29.4 Å². The van der Waals surface area contributed by atoms with Crippen LogP contribution in [0.1, 0.15) is 44.2 Å². The smallest absolute Gasteiger partial charge is 0.226 e. The van der Waals surface area contributed by atoms with E-state index in [1.54, 1.807) is 16.4 Å². The predicted octanol–water partition coefficient (Wildman–Crippen LogP) is 2.93. The van der Waals surface area contributed by atoms with Gasteiger partial charge in [0.15, 0.2) is 5.17 Å². The van der Waals surface area contributed by atoms with Crippen LogP contribution in [-0.4, -0.2) is 48.4 Å². The summed E-state index contributed by atoms with van der Waals surface area (Å²) in [6, 6.07) is 6.19. The lowest BCUT2D eigenvalue weighted by Gasteiger charge is -2.30. The number of piperidine rings is 1. The molecule has 28 heavy (non-hydrogen) atoms. The maximum Gasteiger partial charge on any atom is 0.226 e. The van der Waals surface area contributed by atoms with E-state index in [1.807, 2.05) is 6.92 Å². The van der Waals surface area contributed by atoms with Crippen LogP contribution in [0.2, 0.25) is 0 Å². The number of sulfonamides is 1. The van der Waals surface area contributed by atoms with Crippen molar-refractivity contribution in [3.8, 4) is 0 Å². The van der Waals surface area contributed by atoms with Crippen molar-refractivity contribution in [2.24, 2.45) is 10.9 Å². The standard InChI is InChI=1S/C19H26FN3O3S2/c1-2-11-28(25,26)23-9-7-14(8-10-23)12-18(24)22-19-21-17(13-27-19)15-3-5-16(20)6-4-15/h3-6,14,17H,2,7-13H2,1H3,(H,21,22,24). The Morgan fingerprint density at radius 3 is 2.61 bits per heavy atom. The number of aliphatic imine (C=N–C) groups is 1. The summed E-state index contributed by atoms with van der Waals surface area (Å²) in [6.45, 7) is 2.84. The minimum Gasteiger partial charge on any atom is -0.305 e. The fraction of sp³-hybridized carbons (Fsp3) is 0.579. The molecule has 2 aliphatic heterocycles. The summed E-state index contributed by atoms with van der Waals surface area (Å²) in [5.41, 5.74) is 0.929. The molecule has 0 aliphatic carbocycles. The van der Waals surface area contributed by atoms with Gasteiger partial charge in [-0.05, 0) is 42.9 Å². The Bertz CT molecular complexity index is 819. The molecule has 154 valence electrons. The molecule has 1 fully saturated rings. The molecular formula is C19H26FN3O3S2. The summed E-state index contributed by atoms with van der Waals surface area (Å²) in [7, 11) is -3.15. The monoisotopic (exact) mass is 427 g/mol. The van der Waals surface area contributed by atoms with Crippen LogP contribution in [-0.2, 0) is 14.8 Å². The van der Waals surface area contributed by atoms with Gasteiger partial charge in [-0.15, -0.1) is 0 Å². The van der Waals surface area contributed by atoms with Gasteiger partial charge in [-0.1, -0.05) is 30.8 Å². The van der Waals surface area contributed by atoms with Crippen molar-refractivity contribution >= 4 is 32.9 Å². The number of nitrogens with zero attached hydrogens (tertiary/aromatic N) is 2. The molecule has 1 N–H and O–H groups in total. The van der Waals surface area contributed by atoms with Crippen molar-refractivity contribution in [1.29, 1.82) is 0 Å². The molecular weight excluding hydrogens is 401 g/mol. The molecule has 6 nitrogen and oxygen atoms in total.